The molecule has 0 aliphatic carbocycles. The lowest BCUT2D eigenvalue weighted by Crippen LogP contribution is -2.42. The minimum Gasteiger partial charge on any atom is -0.328 e. The summed E-state index contributed by atoms with van der Waals surface area (Å²) in [5.41, 5.74) is 6.18. The number of rotatable bonds is 4. The van der Waals surface area contributed by atoms with Crippen LogP contribution in [0.15, 0.2) is 18.2 Å². The van der Waals surface area contributed by atoms with E-state index in [1.54, 1.807) is 0 Å². The maximum Gasteiger partial charge on any atom is 0.151 e. The molecule has 0 atom stereocenters. The molecule has 0 aromatic heterocycles. The van der Waals surface area contributed by atoms with E-state index in [0.29, 0.717) is 17.1 Å². The molecule has 0 spiro atoms. The minimum atomic E-state index is -0.376. The van der Waals surface area contributed by atoms with E-state index in [4.69, 9.17) is 17.3 Å². The second-order valence-corrected chi connectivity index (χ2v) is 5.50. The average molecular weight is 285 g/mol. The van der Waals surface area contributed by atoms with Gasteiger partial charge in [0, 0.05) is 30.6 Å². The summed E-state index contributed by atoms with van der Waals surface area (Å²) in [7, 11) is 0. The summed E-state index contributed by atoms with van der Waals surface area (Å²) < 4.78 is 13.5. The standard InChI is InChI=1S/C14H18ClFN2O/c15-11-1-2-14(16)10(7-11)8-13(19)9-18-5-3-12(17)4-6-18/h1-2,7,12H,3-6,8-9,17H2. The summed E-state index contributed by atoms with van der Waals surface area (Å²) in [5, 5.41) is 0.452. The molecule has 1 aliphatic heterocycles. The Morgan fingerprint density at radius 3 is 2.79 bits per heavy atom. The van der Waals surface area contributed by atoms with Gasteiger partial charge in [-0.15, -0.1) is 0 Å². The van der Waals surface area contributed by atoms with Crippen LogP contribution in [0.25, 0.3) is 0 Å². The molecule has 1 saturated heterocycles. The van der Waals surface area contributed by atoms with Crippen molar-refractivity contribution in [2.45, 2.75) is 25.3 Å². The molecule has 0 bridgehead atoms. The number of piperidine rings is 1. The molecule has 0 saturated carbocycles. The average Bonchev–Trinajstić information content (AvgIpc) is 2.37. The molecule has 0 radical (unpaired) electrons. The van der Waals surface area contributed by atoms with Crippen molar-refractivity contribution in [2.24, 2.45) is 5.73 Å². The van der Waals surface area contributed by atoms with E-state index in [9.17, 15) is 9.18 Å². The lowest BCUT2D eigenvalue weighted by Gasteiger charge is -2.29. The van der Waals surface area contributed by atoms with Crippen LogP contribution in [0.3, 0.4) is 0 Å². The molecule has 1 heterocycles. The molecule has 1 aromatic carbocycles. The van der Waals surface area contributed by atoms with E-state index < -0.39 is 0 Å². The Kier molecular flexibility index (Phi) is 4.91. The second kappa shape index (κ2) is 6.46. The zero-order chi connectivity index (χ0) is 13.8. The fraction of sp³-hybridized carbons (Fsp3) is 0.500. The summed E-state index contributed by atoms with van der Waals surface area (Å²) in [6.45, 7) is 2.04. The number of halogens is 2. The quantitative estimate of drug-likeness (QED) is 0.920. The number of likely N-dealkylation sites (tertiary alicyclic amines) is 1. The van der Waals surface area contributed by atoms with Gasteiger partial charge < -0.3 is 5.73 Å². The highest BCUT2D eigenvalue weighted by Gasteiger charge is 2.18. The molecule has 104 valence electrons. The summed E-state index contributed by atoms with van der Waals surface area (Å²) in [6, 6.07) is 4.54. The molecular weight excluding hydrogens is 267 g/mol. The van der Waals surface area contributed by atoms with Crippen molar-refractivity contribution in [1.82, 2.24) is 4.90 Å². The number of hydrogen-bond acceptors (Lipinski definition) is 3. The van der Waals surface area contributed by atoms with Crippen molar-refractivity contribution < 1.29 is 9.18 Å². The maximum absolute atomic E-state index is 13.5. The van der Waals surface area contributed by atoms with Gasteiger partial charge in [0.1, 0.15) is 5.82 Å². The van der Waals surface area contributed by atoms with Crippen LogP contribution in [0, 0.1) is 5.82 Å². The Morgan fingerprint density at radius 1 is 1.42 bits per heavy atom. The van der Waals surface area contributed by atoms with Crippen molar-refractivity contribution in [3.63, 3.8) is 0 Å². The van der Waals surface area contributed by atoms with E-state index in [0.717, 1.165) is 25.9 Å². The van der Waals surface area contributed by atoms with Crippen LogP contribution < -0.4 is 5.73 Å². The van der Waals surface area contributed by atoms with Crippen molar-refractivity contribution in [3.05, 3.63) is 34.6 Å². The van der Waals surface area contributed by atoms with Gasteiger partial charge >= 0.3 is 0 Å². The summed E-state index contributed by atoms with van der Waals surface area (Å²) in [4.78, 5) is 14.0. The largest absolute Gasteiger partial charge is 0.328 e. The number of carbonyl (C=O) groups excluding carboxylic acids is 1. The first kappa shape index (κ1) is 14.4. The predicted molar refractivity (Wildman–Crippen MR) is 73.8 cm³/mol. The number of carbonyl (C=O) groups is 1. The molecule has 5 heteroatoms. The van der Waals surface area contributed by atoms with Gasteiger partial charge in [-0.2, -0.15) is 0 Å². The number of nitrogens with zero attached hydrogens (tertiary/aromatic N) is 1. The smallest absolute Gasteiger partial charge is 0.151 e. The predicted octanol–water partition coefficient (Wildman–Crippen LogP) is 2.01. The number of ketones is 1. The highest BCUT2D eigenvalue weighted by atomic mass is 35.5. The molecule has 1 aromatic rings. The van der Waals surface area contributed by atoms with Crippen LogP contribution in [-0.2, 0) is 11.2 Å². The van der Waals surface area contributed by atoms with E-state index >= 15 is 0 Å². The van der Waals surface area contributed by atoms with Gasteiger partial charge in [0.05, 0.1) is 6.54 Å². The molecule has 19 heavy (non-hydrogen) atoms. The third-order valence-electron chi connectivity index (χ3n) is 3.43. The lowest BCUT2D eigenvalue weighted by molar-refractivity contribution is -0.119. The molecule has 1 aliphatic rings. The summed E-state index contributed by atoms with van der Waals surface area (Å²) in [5.74, 6) is -0.366. The highest BCUT2D eigenvalue weighted by molar-refractivity contribution is 6.30. The lowest BCUT2D eigenvalue weighted by atomic mass is 10.0. The van der Waals surface area contributed by atoms with Gasteiger partial charge in [-0.25, -0.2) is 4.39 Å². The van der Waals surface area contributed by atoms with E-state index in [2.05, 4.69) is 4.90 Å². The van der Waals surface area contributed by atoms with Crippen molar-refractivity contribution in [1.29, 1.82) is 0 Å². The van der Waals surface area contributed by atoms with Gasteiger partial charge in [0.15, 0.2) is 5.78 Å². The normalized spacial score (nSPS) is 17.6. The van der Waals surface area contributed by atoms with E-state index in [1.165, 1.54) is 18.2 Å². The first-order valence-corrected chi connectivity index (χ1v) is 6.86. The number of hydrogen-bond donors (Lipinski definition) is 1. The van der Waals surface area contributed by atoms with Gasteiger partial charge in [-0.05, 0) is 36.6 Å². The summed E-state index contributed by atoms with van der Waals surface area (Å²) >= 11 is 5.81. The van der Waals surface area contributed by atoms with Crippen LogP contribution in [0.2, 0.25) is 5.02 Å². The fourth-order valence-electron chi connectivity index (χ4n) is 2.31. The molecule has 3 nitrogen and oxygen atoms in total. The van der Waals surface area contributed by atoms with Gasteiger partial charge in [0.25, 0.3) is 0 Å². The van der Waals surface area contributed by atoms with Gasteiger partial charge in [0.2, 0.25) is 0 Å². The summed E-state index contributed by atoms with van der Waals surface area (Å²) in [6.07, 6.45) is 1.92. The van der Waals surface area contributed by atoms with Crippen LogP contribution in [0.1, 0.15) is 18.4 Å². The van der Waals surface area contributed by atoms with Crippen molar-refractivity contribution in [2.75, 3.05) is 19.6 Å². The topological polar surface area (TPSA) is 46.3 Å². The minimum absolute atomic E-state index is 0.0108. The third kappa shape index (κ3) is 4.27. The first-order chi connectivity index (χ1) is 9.04. The van der Waals surface area contributed by atoms with Crippen LogP contribution in [-0.4, -0.2) is 36.4 Å². The molecular formula is C14H18ClFN2O. The number of benzene rings is 1. The van der Waals surface area contributed by atoms with E-state index in [1.807, 2.05) is 0 Å². The van der Waals surface area contributed by atoms with Crippen LogP contribution in [0.4, 0.5) is 4.39 Å². The van der Waals surface area contributed by atoms with Crippen LogP contribution in [0.5, 0.6) is 0 Å². The Morgan fingerprint density at radius 2 is 2.11 bits per heavy atom. The Hall–Kier alpha value is -0.970. The number of nitrogens with two attached hydrogens (primary N) is 1. The molecule has 2 N–H and O–H groups in total. The highest BCUT2D eigenvalue weighted by Crippen LogP contribution is 2.16. The zero-order valence-corrected chi connectivity index (χ0v) is 11.5. The van der Waals surface area contributed by atoms with Crippen LogP contribution >= 0.6 is 11.6 Å². The van der Waals surface area contributed by atoms with Crippen molar-refractivity contribution in [3.8, 4) is 0 Å². The third-order valence-corrected chi connectivity index (χ3v) is 3.66. The molecule has 1 fully saturated rings. The first-order valence-electron chi connectivity index (χ1n) is 6.48. The molecule has 0 amide bonds. The van der Waals surface area contributed by atoms with Gasteiger partial charge in [-0.1, -0.05) is 11.6 Å². The number of Topliss-reactive ketones (excluding diaryl/α,β-unsaturated/α-hetero) is 1. The maximum atomic E-state index is 13.5. The zero-order valence-electron chi connectivity index (χ0n) is 10.7. The Balaban J connectivity index is 1.89. The van der Waals surface area contributed by atoms with Crippen molar-refractivity contribution >= 4 is 17.4 Å². The SMILES string of the molecule is NC1CCN(CC(=O)Cc2cc(Cl)ccc2F)CC1. The Bertz CT molecular complexity index is 459. The molecule has 2 rings (SSSR count). The Labute approximate surface area is 117 Å². The van der Waals surface area contributed by atoms with E-state index in [-0.39, 0.29) is 24.1 Å². The monoisotopic (exact) mass is 284 g/mol. The second-order valence-electron chi connectivity index (χ2n) is 5.06. The molecule has 0 unspecified atom stereocenters. The van der Waals surface area contributed by atoms with Gasteiger partial charge in [-0.3, -0.25) is 9.69 Å². The fourth-order valence-corrected chi connectivity index (χ4v) is 2.50.